The van der Waals surface area contributed by atoms with E-state index in [0.29, 0.717) is 18.0 Å². The molecule has 7 heteroatoms. The molecule has 6 nitrogen and oxygen atoms in total. The van der Waals surface area contributed by atoms with Gasteiger partial charge in [-0.05, 0) is 41.3 Å². The smallest absolute Gasteiger partial charge is 0.349 e. The summed E-state index contributed by atoms with van der Waals surface area (Å²) < 4.78 is 7.32. The molecule has 3 aromatic heterocycles. The molecular formula is C24H20N4O2S. The van der Waals surface area contributed by atoms with Crippen molar-refractivity contribution in [2.75, 3.05) is 18.0 Å². The summed E-state index contributed by atoms with van der Waals surface area (Å²) in [5.41, 5.74) is 2.04. The molecule has 5 aromatic rings. The van der Waals surface area contributed by atoms with E-state index < -0.39 is 0 Å². The molecule has 1 aliphatic heterocycles. The molecule has 4 heterocycles. The number of anilines is 1. The van der Waals surface area contributed by atoms with Gasteiger partial charge >= 0.3 is 5.69 Å². The summed E-state index contributed by atoms with van der Waals surface area (Å²) in [5, 5.41) is 3.25. The number of hydrogen-bond acceptors (Lipinski definition) is 6. The first-order valence-electron chi connectivity index (χ1n) is 10.4. The Morgan fingerprint density at radius 3 is 2.65 bits per heavy atom. The van der Waals surface area contributed by atoms with E-state index in [1.807, 2.05) is 24.3 Å². The molecule has 1 saturated heterocycles. The van der Waals surface area contributed by atoms with Crippen molar-refractivity contribution in [3.8, 4) is 11.5 Å². The second-order valence-corrected chi connectivity index (χ2v) is 8.75. The highest BCUT2D eigenvalue weighted by molar-refractivity contribution is 7.22. The number of hydrogen-bond donors (Lipinski definition) is 0. The van der Waals surface area contributed by atoms with Crippen molar-refractivity contribution in [1.82, 2.24) is 14.5 Å². The zero-order valence-electron chi connectivity index (χ0n) is 16.8. The predicted octanol–water partition coefficient (Wildman–Crippen LogP) is 4.91. The zero-order valence-corrected chi connectivity index (χ0v) is 17.6. The molecule has 2 aromatic carbocycles. The van der Waals surface area contributed by atoms with E-state index in [2.05, 4.69) is 34.1 Å². The normalized spacial score (nSPS) is 14.1. The van der Waals surface area contributed by atoms with Crippen molar-refractivity contribution in [3.63, 3.8) is 0 Å². The summed E-state index contributed by atoms with van der Waals surface area (Å²) in [4.78, 5) is 25.6. The first-order valence-corrected chi connectivity index (χ1v) is 11.3. The SMILES string of the molecule is O=c1nc(-c2ccco2)c2nc(N3CCCC3)sc2n1Cc1cccc2ccccc12. The maximum atomic E-state index is 13.2. The highest BCUT2D eigenvalue weighted by atomic mass is 32.1. The molecule has 31 heavy (non-hydrogen) atoms. The lowest BCUT2D eigenvalue weighted by atomic mass is 10.0. The summed E-state index contributed by atoms with van der Waals surface area (Å²) in [6.07, 6.45) is 3.93. The Hall–Kier alpha value is -3.45. The maximum Gasteiger partial charge on any atom is 0.349 e. The Morgan fingerprint density at radius 2 is 1.81 bits per heavy atom. The number of thiazole rings is 1. The molecule has 0 unspecified atom stereocenters. The van der Waals surface area contributed by atoms with Crippen LogP contribution in [0, 0.1) is 0 Å². The van der Waals surface area contributed by atoms with Gasteiger partial charge in [-0.1, -0.05) is 53.8 Å². The van der Waals surface area contributed by atoms with E-state index >= 15 is 0 Å². The van der Waals surface area contributed by atoms with Crippen molar-refractivity contribution in [2.24, 2.45) is 0 Å². The van der Waals surface area contributed by atoms with Crippen LogP contribution in [0.25, 0.3) is 32.6 Å². The van der Waals surface area contributed by atoms with Gasteiger partial charge < -0.3 is 9.32 Å². The fraction of sp³-hybridized carbons (Fsp3) is 0.208. The Labute approximate surface area is 182 Å². The summed E-state index contributed by atoms with van der Waals surface area (Å²) in [6, 6.07) is 18.1. The summed E-state index contributed by atoms with van der Waals surface area (Å²) in [7, 11) is 0. The quantitative estimate of drug-likeness (QED) is 0.407. The van der Waals surface area contributed by atoms with Crippen LogP contribution in [0.5, 0.6) is 0 Å². The fourth-order valence-electron chi connectivity index (χ4n) is 4.30. The van der Waals surface area contributed by atoms with Gasteiger partial charge in [0.05, 0.1) is 12.8 Å². The van der Waals surface area contributed by atoms with Gasteiger partial charge in [0.15, 0.2) is 10.9 Å². The van der Waals surface area contributed by atoms with Crippen LogP contribution in [0.2, 0.25) is 0 Å². The topological polar surface area (TPSA) is 64.2 Å². The van der Waals surface area contributed by atoms with Gasteiger partial charge in [-0.2, -0.15) is 4.98 Å². The lowest BCUT2D eigenvalue weighted by Gasteiger charge is -2.12. The molecule has 1 fully saturated rings. The second kappa shape index (κ2) is 7.35. The number of benzene rings is 2. The van der Waals surface area contributed by atoms with Crippen molar-refractivity contribution >= 4 is 37.6 Å². The van der Waals surface area contributed by atoms with Gasteiger partial charge in [-0.15, -0.1) is 0 Å². The number of nitrogens with zero attached hydrogens (tertiary/aromatic N) is 4. The third kappa shape index (κ3) is 3.13. The van der Waals surface area contributed by atoms with Crippen molar-refractivity contribution in [3.05, 3.63) is 76.9 Å². The van der Waals surface area contributed by atoms with Gasteiger partial charge in [0.1, 0.15) is 16.0 Å². The first-order chi connectivity index (χ1) is 15.3. The van der Waals surface area contributed by atoms with Crippen LogP contribution in [0.4, 0.5) is 5.13 Å². The predicted molar refractivity (Wildman–Crippen MR) is 124 cm³/mol. The summed E-state index contributed by atoms with van der Waals surface area (Å²) >= 11 is 1.57. The van der Waals surface area contributed by atoms with Crippen LogP contribution in [0.15, 0.2) is 70.1 Å². The van der Waals surface area contributed by atoms with Crippen LogP contribution in [-0.2, 0) is 6.54 Å². The minimum absolute atomic E-state index is 0.288. The first kappa shape index (κ1) is 18.3. The van der Waals surface area contributed by atoms with Gasteiger partial charge in [0.2, 0.25) is 0 Å². The molecule has 0 radical (unpaired) electrons. The van der Waals surface area contributed by atoms with Crippen LogP contribution in [0.1, 0.15) is 18.4 Å². The van der Waals surface area contributed by atoms with Gasteiger partial charge in [0, 0.05) is 13.1 Å². The van der Waals surface area contributed by atoms with E-state index in [1.165, 1.54) is 12.8 Å². The average Bonchev–Trinajstić information content (AvgIpc) is 3.56. The van der Waals surface area contributed by atoms with E-state index in [1.54, 1.807) is 28.2 Å². The third-order valence-corrected chi connectivity index (χ3v) is 6.98. The Kier molecular flexibility index (Phi) is 4.35. The Bertz CT molecular complexity index is 1440. The van der Waals surface area contributed by atoms with Crippen molar-refractivity contribution in [2.45, 2.75) is 19.4 Å². The molecule has 1 aliphatic rings. The van der Waals surface area contributed by atoms with Crippen LogP contribution in [-0.4, -0.2) is 27.6 Å². The number of fused-ring (bicyclic) bond motifs is 2. The highest BCUT2D eigenvalue weighted by Gasteiger charge is 2.23. The molecule has 0 atom stereocenters. The van der Waals surface area contributed by atoms with E-state index in [-0.39, 0.29) is 5.69 Å². The number of aromatic nitrogens is 3. The third-order valence-electron chi connectivity index (χ3n) is 5.85. The maximum absolute atomic E-state index is 13.2. The number of furan rings is 1. The van der Waals surface area contributed by atoms with Crippen LogP contribution < -0.4 is 10.6 Å². The summed E-state index contributed by atoms with van der Waals surface area (Å²) in [5.74, 6) is 0.567. The van der Waals surface area contributed by atoms with Crippen molar-refractivity contribution < 1.29 is 4.42 Å². The molecule has 0 spiro atoms. The molecule has 154 valence electrons. The largest absolute Gasteiger partial charge is 0.463 e. The van der Waals surface area contributed by atoms with Gasteiger partial charge in [0.25, 0.3) is 0 Å². The monoisotopic (exact) mass is 428 g/mol. The van der Waals surface area contributed by atoms with Crippen LogP contribution >= 0.6 is 11.3 Å². The van der Waals surface area contributed by atoms with E-state index in [4.69, 9.17) is 9.40 Å². The minimum Gasteiger partial charge on any atom is -0.463 e. The van der Waals surface area contributed by atoms with E-state index in [0.717, 1.165) is 44.9 Å². The molecule has 6 rings (SSSR count). The molecule has 0 amide bonds. The van der Waals surface area contributed by atoms with Gasteiger partial charge in [-0.3, -0.25) is 4.57 Å². The van der Waals surface area contributed by atoms with Crippen LogP contribution in [0.3, 0.4) is 0 Å². The van der Waals surface area contributed by atoms with Crippen molar-refractivity contribution in [1.29, 1.82) is 0 Å². The number of rotatable bonds is 4. The molecule has 0 N–H and O–H groups in total. The molecule has 0 aliphatic carbocycles. The molecular weight excluding hydrogens is 408 g/mol. The standard InChI is InChI=1S/C24H20N4O2S/c29-23-25-20(19-11-6-14-30-19)21-22(31-24(26-21)27-12-3-4-13-27)28(23)15-17-9-5-8-16-7-1-2-10-18(16)17/h1-2,5-11,14H,3-4,12-13,15H2. The van der Waals surface area contributed by atoms with Gasteiger partial charge in [-0.25, -0.2) is 9.78 Å². The minimum atomic E-state index is -0.288. The zero-order chi connectivity index (χ0) is 20.8. The lowest BCUT2D eigenvalue weighted by molar-refractivity contribution is 0.579. The lowest BCUT2D eigenvalue weighted by Crippen LogP contribution is -2.24. The van der Waals surface area contributed by atoms with E-state index in [9.17, 15) is 4.79 Å². The molecule has 0 bridgehead atoms. The second-order valence-electron chi connectivity index (χ2n) is 7.79. The Morgan fingerprint density at radius 1 is 0.968 bits per heavy atom. The fourth-order valence-corrected chi connectivity index (χ4v) is 5.42. The summed E-state index contributed by atoms with van der Waals surface area (Å²) in [6.45, 7) is 2.44. The molecule has 0 saturated carbocycles. The highest BCUT2D eigenvalue weighted by Crippen LogP contribution is 2.35. The Balaban J connectivity index is 1.56. The average molecular weight is 429 g/mol.